The smallest absolute Gasteiger partial charge is 0.326 e. The van der Waals surface area contributed by atoms with E-state index in [0.29, 0.717) is 16.6 Å². The van der Waals surface area contributed by atoms with E-state index in [2.05, 4.69) is 4.98 Å². The average molecular weight is 233 g/mol. The maximum atomic E-state index is 11.9. The molecule has 90 valence electrons. The number of hydrogen-bond acceptors (Lipinski definition) is 2. The molecule has 5 heteroatoms. The zero-order valence-electron chi connectivity index (χ0n) is 10.1. The molecular formula is C12H15N3O2. The predicted octanol–water partition coefficient (Wildman–Crippen LogP) is 1.18. The van der Waals surface area contributed by atoms with Gasteiger partial charge in [-0.05, 0) is 39.0 Å². The molecule has 0 aliphatic heterocycles. The Bertz CT molecular complexity index is 644. The summed E-state index contributed by atoms with van der Waals surface area (Å²) in [7, 11) is 0. The zero-order chi connectivity index (χ0) is 12.8. The van der Waals surface area contributed by atoms with E-state index in [1.54, 1.807) is 22.8 Å². The van der Waals surface area contributed by atoms with Gasteiger partial charge in [0.1, 0.15) is 0 Å². The van der Waals surface area contributed by atoms with Crippen molar-refractivity contribution in [1.82, 2.24) is 9.55 Å². The first-order chi connectivity index (χ1) is 7.80. The van der Waals surface area contributed by atoms with Gasteiger partial charge >= 0.3 is 5.69 Å². The molecule has 0 saturated carbocycles. The van der Waals surface area contributed by atoms with Crippen molar-refractivity contribution in [2.45, 2.75) is 26.3 Å². The highest BCUT2D eigenvalue weighted by molar-refractivity contribution is 5.96. The molecule has 0 atom stereocenters. The van der Waals surface area contributed by atoms with Crippen molar-refractivity contribution >= 4 is 16.9 Å². The van der Waals surface area contributed by atoms with Crippen LogP contribution in [0.5, 0.6) is 0 Å². The summed E-state index contributed by atoms with van der Waals surface area (Å²) in [5.74, 6) is -0.499. The Hall–Kier alpha value is -2.04. The van der Waals surface area contributed by atoms with E-state index in [1.807, 2.05) is 20.8 Å². The molecule has 2 rings (SSSR count). The van der Waals surface area contributed by atoms with E-state index in [-0.39, 0.29) is 11.2 Å². The summed E-state index contributed by atoms with van der Waals surface area (Å²) in [5, 5.41) is 0. The normalized spacial score (nSPS) is 11.9. The monoisotopic (exact) mass is 233 g/mol. The number of rotatable bonds is 1. The molecule has 3 N–H and O–H groups in total. The van der Waals surface area contributed by atoms with Crippen LogP contribution in [-0.4, -0.2) is 15.5 Å². The number of nitrogens with one attached hydrogen (secondary N) is 1. The largest absolute Gasteiger partial charge is 0.366 e. The van der Waals surface area contributed by atoms with Crippen molar-refractivity contribution in [3.63, 3.8) is 0 Å². The van der Waals surface area contributed by atoms with Crippen molar-refractivity contribution in [1.29, 1.82) is 0 Å². The van der Waals surface area contributed by atoms with Gasteiger partial charge in [-0.3, -0.25) is 9.36 Å². The highest BCUT2D eigenvalue weighted by Gasteiger charge is 2.19. The first kappa shape index (κ1) is 11.4. The van der Waals surface area contributed by atoms with Crippen LogP contribution in [0.25, 0.3) is 11.0 Å². The Morgan fingerprint density at radius 2 is 2.00 bits per heavy atom. The number of primary amides is 1. The summed E-state index contributed by atoms with van der Waals surface area (Å²) >= 11 is 0. The average Bonchev–Trinajstić information content (AvgIpc) is 2.51. The van der Waals surface area contributed by atoms with Gasteiger partial charge in [-0.2, -0.15) is 0 Å². The van der Waals surface area contributed by atoms with Crippen molar-refractivity contribution in [2.75, 3.05) is 0 Å². The summed E-state index contributed by atoms with van der Waals surface area (Å²) in [4.78, 5) is 25.7. The van der Waals surface area contributed by atoms with Crippen LogP contribution in [-0.2, 0) is 5.54 Å². The number of nitrogens with two attached hydrogens (primary N) is 1. The number of hydrogen-bond donors (Lipinski definition) is 2. The lowest BCUT2D eigenvalue weighted by Crippen LogP contribution is -2.31. The second-order valence-corrected chi connectivity index (χ2v) is 5.03. The lowest BCUT2D eigenvalue weighted by molar-refractivity contribution is 0.100. The van der Waals surface area contributed by atoms with Crippen LogP contribution in [0, 0.1) is 0 Å². The van der Waals surface area contributed by atoms with Gasteiger partial charge in [-0.1, -0.05) is 0 Å². The number of imidazole rings is 1. The number of amides is 1. The third-order valence-electron chi connectivity index (χ3n) is 2.64. The molecule has 0 bridgehead atoms. The first-order valence-electron chi connectivity index (χ1n) is 5.36. The fourth-order valence-electron chi connectivity index (χ4n) is 1.92. The fraction of sp³-hybridized carbons (Fsp3) is 0.333. The van der Waals surface area contributed by atoms with Crippen LogP contribution in [0.2, 0.25) is 0 Å². The Labute approximate surface area is 98.2 Å². The maximum absolute atomic E-state index is 11.9. The third kappa shape index (κ3) is 1.84. The second-order valence-electron chi connectivity index (χ2n) is 5.03. The Morgan fingerprint density at radius 1 is 1.35 bits per heavy atom. The number of nitrogens with zero attached hydrogens (tertiary/aromatic N) is 1. The maximum Gasteiger partial charge on any atom is 0.326 e. The summed E-state index contributed by atoms with van der Waals surface area (Å²) in [5.41, 5.74) is 6.49. The summed E-state index contributed by atoms with van der Waals surface area (Å²) in [6.45, 7) is 5.79. The van der Waals surface area contributed by atoms with Crippen LogP contribution in [0.4, 0.5) is 0 Å². The van der Waals surface area contributed by atoms with Gasteiger partial charge in [0.2, 0.25) is 5.91 Å². The predicted molar refractivity (Wildman–Crippen MR) is 66.1 cm³/mol. The molecular weight excluding hydrogens is 218 g/mol. The Kier molecular flexibility index (Phi) is 2.34. The molecule has 0 fully saturated rings. The minimum atomic E-state index is -0.499. The quantitative estimate of drug-likeness (QED) is 0.775. The van der Waals surface area contributed by atoms with E-state index in [4.69, 9.17) is 5.73 Å². The number of fused-ring (bicyclic) bond motifs is 1. The molecule has 1 aromatic carbocycles. The SMILES string of the molecule is CC(C)(C)n1c(=O)[nH]c2ccc(C(N)=O)cc21. The van der Waals surface area contributed by atoms with Gasteiger partial charge in [0.15, 0.2) is 0 Å². The van der Waals surface area contributed by atoms with Gasteiger partial charge < -0.3 is 10.7 Å². The summed E-state index contributed by atoms with van der Waals surface area (Å²) in [6, 6.07) is 4.94. The minimum absolute atomic E-state index is 0.186. The second kappa shape index (κ2) is 3.48. The first-order valence-corrected chi connectivity index (χ1v) is 5.36. The molecule has 5 nitrogen and oxygen atoms in total. The number of H-pyrrole nitrogens is 1. The van der Waals surface area contributed by atoms with Crippen LogP contribution >= 0.6 is 0 Å². The molecule has 1 heterocycles. The van der Waals surface area contributed by atoms with Gasteiger partial charge in [0.05, 0.1) is 11.0 Å². The fourth-order valence-corrected chi connectivity index (χ4v) is 1.92. The van der Waals surface area contributed by atoms with Crippen LogP contribution < -0.4 is 11.4 Å². The molecule has 0 radical (unpaired) electrons. The molecule has 0 aliphatic carbocycles. The van der Waals surface area contributed by atoms with E-state index in [0.717, 1.165) is 0 Å². The van der Waals surface area contributed by atoms with Crippen molar-refractivity contribution in [3.05, 3.63) is 34.2 Å². The Morgan fingerprint density at radius 3 is 2.53 bits per heavy atom. The van der Waals surface area contributed by atoms with Gasteiger partial charge in [-0.15, -0.1) is 0 Å². The van der Waals surface area contributed by atoms with Crippen molar-refractivity contribution < 1.29 is 4.79 Å². The lowest BCUT2D eigenvalue weighted by atomic mass is 10.1. The molecule has 0 aliphatic rings. The third-order valence-corrected chi connectivity index (χ3v) is 2.64. The number of aromatic nitrogens is 2. The topological polar surface area (TPSA) is 80.9 Å². The molecule has 0 saturated heterocycles. The van der Waals surface area contributed by atoms with Crippen molar-refractivity contribution in [3.8, 4) is 0 Å². The van der Waals surface area contributed by atoms with Gasteiger partial charge in [-0.25, -0.2) is 4.79 Å². The minimum Gasteiger partial charge on any atom is -0.366 e. The van der Waals surface area contributed by atoms with E-state index in [1.165, 1.54) is 0 Å². The van der Waals surface area contributed by atoms with E-state index in [9.17, 15) is 9.59 Å². The molecule has 2 aromatic rings. The van der Waals surface area contributed by atoms with Crippen LogP contribution in [0.3, 0.4) is 0 Å². The van der Waals surface area contributed by atoms with E-state index >= 15 is 0 Å². The molecule has 17 heavy (non-hydrogen) atoms. The van der Waals surface area contributed by atoms with Crippen molar-refractivity contribution in [2.24, 2.45) is 5.73 Å². The van der Waals surface area contributed by atoms with Gasteiger partial charge in [0, 0.05) is 11.1 Å². The lowest BCUT2D eigenvalue weighted by Gasteiger charge is -2.20. The highest BCUT2D eigenvalue weighted by atomic mass is 16.1. The molecule has 1 aromatic heterocycles. The van der Waals surface area contributed by atoms with Crippen LogP contribution in [0.1, 0.15) is 31.1 Å². The number of carbonyl (C=O) groups is 1. The number of carbonyl (C=O) groups excluding carboxylic acids is 1. The number of benzene rings is 1. The molecule has 1 amide bonds. The standard InChI is InChI=1S/C12H15N3O2/c1-12(2,3)15-9-6-7(10(13)16)4-5-8(9)14-11(15)17/h4-6H,1-3H3,(H2,13,16)(H,14,17). The summed E-state index contributed by atoms with van der Waals surface area (Å²) < 4.78 is 1.62. The zero-order valence-corrected chi connectivity index (χ0v) is 10.1. The Balaban J connectivity index is 2.83. The van der Waals surface area contributed by atoms with Crippen LogP contribution in [0.15, 0.2) is 23.0 Å². The molecule has 0 spiro atoms. The molecule has 0 unspecified atom stereocenters. The summed E-state index contributed by atoms with van der Waals surface area (Å²) in [6.07, 6.45) is 0. The van der Waals surface area contributed by atoms with Gasteiger partial charge in [0.25, 0.3) is 0 Å². The number of aromatic amines is 1. The highest BCUT2D eigenvalue weighted by Crippen LogP contribution is 2.20. The van der Waals surface area contributed by atoms with E-state index < -0.39 is 5.91 Å².